The molecule has 0 N–H and O–H groups in total. The van der Waals surface area contributed by atoms with Crippen molar-refractivity contribution in [3.8, 4) is 0 Å². The van der Waals surface area contributed by atoms with E-state index in [1.807, 2.05) is 22.6 Å². The molecule has 1 aliphatic rings. The number of ether oxygens (including phenoxy) is 1. The van der Waals surface area contributed by atoms with Crippen molar-refractivity contribution in [3.63, 3.8) is 0 Å². The summed E-state index contributed by atoms with van der Waals surface area (Å²) >= 11 is 2.05. The fourth-order valence-electron chi connectivity index (χ4n) is 1.80. The number of hydrogen-bond donors (Lipinski definition) is 0. The van der Waals surface area contributed by atoms with Crippen molar-refractivity contribution in [1.29, 1.82) is 0 Å². The van der Waals surface area contributed by atoms with Gasteiger partial charge in [-0.2, -0.15) is 0 Å². The average Bonchev–Trinajstić information content (AvgIpc) is 2.98. The van der Waals surface area contributed by atoms with Crippen LogP contribution in [-0.2, 0) is 9.53 Å². The van der Waals surface area contributed by atoms with Crippen LogP contribution in [0.25, 0.3) is 11.8 Å². The van der Waals surface area contributed by atoms with Crippen molar-refractivity contribution in [3.05, 3.63) is 69.0 Å². The van der Waals surface area contributed by atoms with Gasteiger partial charge in [0.2, 0.25) is 0 Å². The Morgan fingerprint density at radius 3 is 2.50 bits per heavy atom. The number of carbonyl (C=O) groups is 1. The molecule has 0 fully saturated rings. The van der Waals surface area contributed by atoms with Gasteiger partial charge in [0.1, 0.15) is 17.3 Å². The van der Waals surface area contributed by atoms with Crippen molar-refractivity contribution >= 4 is 40.4 Å². The van der Waals surface area contributed by atoms with E-state index in [0.29, 0.717) is 22.7 Å². The normalized spacial score (nSPS) is 16.4. The molecule has 0 amide bonds. The number of halogens is 2. The summed E-state index contributed by atoms with van der Waals surface area (Å²) < 4.78 is 24.1. The van der Waals surface area contributed by atoms with Gasteiger partial charge in [-0.25, -0.2) is 9.18 Å². The lowest BCUT2D eigenvalue weighted by molar-refractivity contribution is -0.130. The molecule has 1 aromatic carbocycles. The topological polar surface area (TPSA) is 39.4 Å². The highest BCUT2D eigenvalue weighted by Gasteiger charge is 2.22. The maximum Gasteiger partial charge on any atom is 0.343 e. The van der Waals surface area contributed by atoms with E-state index >= 15 is 0 Å². The molecule has 2 heterocycles. The first-order chi connectivity index (χ1) is 9.61. The quantitative estimate of drug-likeness (QED) is 0.448. The second-order valence-electron chi connectivity index (χ2n) is 4.15. The van der Waals surface area contributed by atoms with E-state index in [1.54, 1.807) is 36.4 Å². The van der Waals surface area contributed by atoms with Crippen LogP contribution < -0.4 is 0 Å². The molecule has 0 saturated carbocycles. The number of benzene rings is 1. The Labute approximate surface area is 127 Å². The maximum atomic E-state index is 12.9. The van der Waals surface area contributed by atoms with Gasteiger partial charge < -0.3 is 9.15 Å². The average molecular weight is 382 g/mol. The van der Waals surface area contributed by atoms with Gasteiger partial charge in [-0.1, -0.05) is 0 Å². The Bertz CT molecular complexity index is 726. The lowest BCUT2D eigenvalue weighted by atomic mass is 10.1. The largest absolute Gasteiger partial charge is 0.451 e. The van der Waals surface area contributed by atoms with Crippen molar-refractivity contribution in [1.82, 2.24) is 0 Å². The number of rotatable bonds is 2. The molecule has 0 aliphatic carbocycles. The van der Waals surface area contributed by atoms with Gasteiger partial charge in [-0.3, -0.25) is 0 Å². The molecule has 20 heavy (non-hydrogen) atoms. The van der Waals surface area contributed by atoms with E-state index in [4.69, 9.17) is 9.15 Å². The third kappa shape index (κ3) is 2.67. The van der Waals surface area contributed by atoms with E-state index in [1.165, 1.54) is 12.1 Å². The first-order valence-corrected chi connectivity index (χ1v) is 6.86. The van der Waals surface area contributed by atoms with Crippen LogP contribution in [0.2, 0.25) is 0 Å². The molecular formula is C15H8FIO3. The standard InChI is InChI=1S/C15H8FIO3/c16-11-3-1-9(2-4-11)13-8-10(15(18)20-13)7-12-5-6-14(17)19-12/h1-8H/b10-7-. The summed E-state index contributed by atoms with van der Waals surface area (Å²) in [7, 11) is 0. The van der Waals surface area contributed by atoms with E-state index < -0.39 is 5.97 Å². The van der Waals surface area contributed by atoms with Gasteiger partial charge >= 0.3 is 5.97 Å². The van der Waals surface area contributed by atoms with Gasteiger partial charge in [0, 0.05) is 5.56 Å². The van der Waals surface area contributed by atoms with Gasteiger partial charge in [0.05, 0.1) is 5.57 Å². The van der Waals surface area contributed by atoms with Crippen molar-refractivity contribution in [2.24, 2.45) is 0 Å². The summed E-state index contributed by atoms with van der Waals surface area (Å²) in [5.74, 6) is 0.204. The van der Waals surface area contributed by atoms with Crippen LogP contribution in [0.4, 0.5) is 4.39 Å². The smallest absolute Gasteiger partial charge is 0.343 e. The Morgan fingerprint density at radius 1 is 1.10 bits per heavy atom. The summed E-state index contributed by atoms with van der Waals surface area (Å²) in [6, 6.07) is 9.34. The predicted molar refractivity (Wildman–Crippen MR) is 79.9 cm³/mol. The zero-order valence-corrected chi connectivity index (χ0v) is 12.3. The lowest BCUT2D eigenvalue weighted by Crippen LogP contribution is -1.96. The van der Waals surface area contributed by atoms with Crippen molar-refractivity contribution in [2.75, 3.05) is 0 Å². The lowest BCUT2D eigenvalue weighted by Gasteiger charge is -2.00. The molecule has 0 saturated heterocycles. The molecule has 0 spiro atoms. The first-order valence-electron chi connectivity index (χ1n) is 5.79. The molecule has 5 heteroatoms. The number of cyclic esters (lactones) is 1. The summed E-state index contributed by atoms with van der Waals surface area (Å²) in [4.78, 5) is 11.8. The summed E-state index contributed by atoms with van der Waals surface area (Å²) in [5.41, 5.74) is 1.05. The third-order valence-corrected chi connectivity index (χ3v) is 3.33. The maximum absolute atomic E-state index is 12.9. The van der Waals surface area contributed by atoms with Gasteiger partial charge in [0.15, 0.2) is 3.77 Å². The predicted octanol–water partition coefficient (Wildman–Crippen LogP) is 4.00. The Balaban J connectivity index is 1.92. The molecule has 2 aromatic rings. The van der Waals surface area contributed by atoms with Crippen LogP contribution in [0, 0.1) is 9.58 Å². The molecule has 0 unspecified atom stereocenters. The first kappa shape index (κ1) is 13.1. The molecular weight excluding hydrogens is 374 g/mol. The van der Waals surface area contributed by atoms with Crippen molar-refractivity contribution < 1.29 is 18.3 Å². The molecule has 0 atom stereocenters. The van der Waals surface area contributed by atoms with Crippen LogP contribution >= 0.6 is 22.6 Å². The van der Waals surface area contributed by atoms with E-state index in [0.717, 1.165) is 3.77 Å². The van der Waals surface area contributed by atoms with Crippen molar-refractivity contribution in [2.45, 2.75) is 0 Å². The number of carbonyl (C=O) groups excluding carboxylic acids is 1. The van der Waals surface area contributed by atoms with Crippen LogP contribution in [0.1, 0.15) is 11.3 Å². The zero-order chi connectivity index (χ0) is 14.1. The highest BCUT2D eigenvalue weighted by molar-refractivity contribution is 14.1. The molecule has 1 aromatic heterocycles. The third-order valence-electron chi connectivity index (χ3n) is 2.75. The monoisotopic (exact) mass is 382 g/mol. The molecule has 100 valence electrons. The summed E-state index contributed by atoms with van der Waals surface area (Å²) in [6.45, 7) is 0. The molecule has 1 aliphatic heterocycles. The fourth-order valence-corrected chi connectivity index (χ4v) is 2.24. The highest BCUT2D eigenvalue weighted by Crippen LogP contribution is 2.27. The Kier molecular flexibility index (Phi) is 3.43. The zero-order valence-electron chi connectivity index (χ0n) is 10.1. The van der Waals surface area contributed by atoms with Crippen LogP contribution in [-0.4, -0.2) is 5.97 Å². The van der Waals surface area contributed by atoms with Crippen LogP contribution in [0.15, 0.2) is 52.5 Å². The second kappa shape index (κ2) is 5.24. The van der Waals surface area contributed by atoms with Crippen LogP contribution in [0.3, 0.4) is 0 Å². The minimum atomic E-state index is -0.448. The minimum Gasteiger partial charge on any atom is -0.451 e. The summed E-state index contributed by atoms with van der Waals surface area (Å²) in [6.07, 6.45) is 3.23. The SMILES string of the molecule is O=C1OC(c2ccc(F)cc2)=C/C1=C/c1ccc(I)o1. The fraction of sp³-hybridized carbons (Fsp3) is 0. The van der Waals surface area contributed by atoms with Gasteiger partial charge in [-0.05, 0) is 71.1 Å². The molecule has 3 nitrogen and oxygen atoms in total. The Morgan fingerprint density at radius 2 is 1.85 bits per heavy atom. The second-order valence-corrected chi connectivity index (χ2v) is 5.21. The highest BCUT2D eigenvalue weighted by atomic mass is 127. The number of furan rings is 1. The molecule has 0 radical (unpaired) electrons. The molecule has 0 bridgehead atoms. The van der Waals surface area contributed by atoms with E-state index in [-0.39, 0.29) is 5.82 Å². The van der Waals surface area contributed by atoms with E-state index in [9.17, 15) is 9.18 Å². The van der Waals surface area contributed by atoms with Gasteiger partial charge in [-0.15, -0.1) is 0 Å². The number of hydrogen-bond acceptors (Lipinski definition) is 3. The van der Waals surface area contributed by atoms with Crippen LogP contribution in [0.5, 0.6) is 0 Å². The number of esters is 1. The summed E-state index contributed by atoms with van der Waals surface area (Å²) in [5, 5.41) is 0. The minimum absolute atomic E-state index is 0.334. The van der Waals surface area contributed by atoms with Gasteiger partial charge in [0.25, 0.3) is 0 Å². The molecule has 3 rings (SSSR count). The Hall–Kier alpha value is -1.89. The van der Waals surface area contributed by atoms with E-state index in [2.05, 4.69) is 0 Å².